The third kappa shape index (κ3) is 5.94. The van der Waals surface area contributed by atoms with Crippen molar-refractivity contribution in [2.45, 2.75) is 49.7 Å². The minimum atomic E-state index is -4.71. The molecule has 0 spiro atoms. The first-order chi connectivity index (χ1) is 18.6. The summed E-state index contributed by atoms with van der Waals surface area (Å²) in [6, 6.07) is 6.44. The third-order valence-electron chi connectivity index (χ3n) is 7.02. The van der Waals surface area contributed by atoms with E-state index in [0.717, 1.165) is 24.0 Å². The first-order valence-electron chi connectivity index (χ1n) is 12.6. The summed E-state index contributed by atoms with van der Waals surface area (Å²) in [6.07, 6.45) is -3.24. The fourth-order valence-electron chi connectivity index (χ4n) is 5.10. The molecule has 0 radical (unpaired) electrons. The average molecular weight is 571 g/mol. The molecule has 1 aromatic carbocycles. The number of alkyl halides is 4. The van der Waals surface area contributed by atoms with Crippen LogP contribution in [0.3, 0.4) is 0 Å². The molecule has 1 saturated heterocycles. The standard InChI is InChI=1S/C26H30ClF3N4O5/c1-25(35)11-17(12-25)34-24(26(28,29)30)19(13-31-34)23-20(14-36-2)22(32-39-23)16-4-3-5-18(10-16)38-15-21(27)33-6-8-37-9-7-33/h3-5,10,13,17,21,35H,6-9,11-12,14-15H2,1-2H3. The second-order valence-electron chi connectivity index (χ2n) is 10.1. The quantitative estimate of drug-likeness (QED) is 0.291. The van der Waals surface area contributed by atoms with Crippen LogP contribution in [-0.2, 0) is 22.3 Å². The van der Waals surface area contributed by atoms with Crippen LogP contribution in [0.25, 0.3) is 22.6 Å². The highest BCUT2D eigenvalue weighted by Crippen LogP contribution is 2.47. The summed E-state index contributed by atoms with van der Waals surface area (Å²) >= 11 is 6.50. The Morgan fingerprint density at radius 1 is 1.26 bits per heavy atom. The van der Waals surface area contributed by atoms with Crippen molar-refractivity contribution in [3.05, 3.63) is 41.7 Å². The highest BCUT2D eigenvalue weighted by atomic mass is 35.5. The van der Waals surface area contributed by atoms with E-state index in [4.69, 9.17) is 30.3 Å². The maximum Gasteiger partial charge on any atom is 0.433 e. The predicted molar refractivity (Wildman–Crippen MR) is 135 cm³/mol. The highest BCUT2D eigenvalue weighted by molar-refractivity contribution is 6.20. The van der Waals surface area contributed by atoms with Gasteiger partial charge in [-0.1, -0.05) is 17.3 Å². The molecule has 1 saturated carbocycles. The molecule has 9 nitrogen and oxygen atoms in total. The molecule has 1 atom stereocenters. The molecule has 0 bridgehead atoms. The molecule has 39 heavy (non-hydrogen) atoms. The summed E-state index contributed by atoms with van der Waals surface area (Å²) < 4.78 is 65.8. The summed E-state index contributed by atoms with van der Waals surface area (Å²) in [5, 5.41) is 18.2. The molecule has 1 aliphatic carbocycles. The van der Waals surface area contributed by atoms with Gasteiger partial charge in [-0.25, -0.2) is 0 Å². The van der Waals surface area contributed by atoms with Crippen LogP contribution in [0.1, 0.15) is 37.1 Å². The van der Waals surface area contributed by atoms with Crippen molar-refractivity contribution >= 4 is 11.6 Å². The molecule has 1 aliphatic heterocycles. The van der Waals surface area contributed by atoms with Crippen LogP contribution in [0.15, 0.2) is 35.0 Å². The Balaban J connectivity index is 1.43. The molecule has 2 aromatic heterocycles. The third-order valence-corrected chi connectivity index (χ3v) is 7.42. The van der Waals surface area contributed by atoms with Gasteiger partial charge in [0.1, 0.15) is 23.6 Å². The Hall–Kier alpha value is -2.64. The zero-order valence-electron chi connectivity index (χ0n) is 21.6. The second-order valence-corrected chi connectivity index (χ2v) is 10.6. The summed E-state index contributed by atoms with van der Waals surface area (Å²) in [6.45, 7) is 4.46. The molecule has 2 aliphatic rings. The number of ether oxygens (including phenoxy) is 3. The van der Waals surface area contributed by atoms with Gasteiger partial charge in [-0.05, 0) is 31.9 Å². The van der Waals surface area contributed by atoms with Gasteiger partial charge < -0.3 is 23.8 Å². The number of morpholine rings is 1. The van der Waals surface area contributed by atoms with Gasteiger partial charge in [0.2, 0.25) is 0 Å². The number of aromatic nitrogens is 3. The lowest BCUT2D eigenvalue weighted by molar-refractivity contribution is -0.148. The zero-order chi connectivity index (χ0) is 27.8. The molecule has 1 unspecified atom stereocenters. The maximum atomic E-state index is 14.3. The molecular formula is C26H30ClF3N4O5. The van der Waals surface area contributed by atoms with Gasteiger partial charge in [-0.3, -0.25) is 9.58 Å². The molecule has 1 N–H and O–H groups in total. The number of hydrogen-bond acceptors (Lipinski definition) is 8. The van der Waals surface area contributed by atoms with Crippen molar-refractivity contribution in [3.63, 3.8) is 0 Å². The highest BCUT2D eigenvalue weighted by Gasteiger charge is 2.47. The predicted octanol–water partition coefficient (Wildman–Crippen LogP) is 4.73. The Kier molecular flexibility index (Phi) is 7.93. The number of halogens is 4. The molecule has 2 fully saturated rings. The maximum absolute atomic E-state index is 14.3. The SMILES string of the molecule is COCc1c(-c2cccc(OCC(Cl)N3CCOCC3)c2)noc1-c1cnn(C2CC(C)(O)C2)c1C(F)(F)F. The van der Waals surface area contributed by atoms with Crippen molar-refractivity contribution in [1.29, 1.82) is 0 Å². The normalized spacial score (nSPS) is 23.0. The van der Waals surface area contributed by atoms with Crippen molar-refractivity contribution in [3.8, 4) is 28.3 Å². The monoisotopic (exact) mass is 570 g/mol. The summed E-state index contributed by atoms with van der Waals surface area (Å²) in [7, 11) is 1.44. The van der Waals surface area contributed by atoms with Crippen LogP contribution in [0, 0.1) is 0 Å². The van der Waals surface area contributed by atoms with E-state index in [0.29, 0.717) is 35.8 Å². The van der Waals surface area contributed by atoms with E-state index < -0.39 is 23.5 Å². The van der Waals surface area contributed by atoms with Crippen molar-refractivity contribution in [2.24, 2.45) is 0 Å². The number of methoxy groups -OCH3 is 1. The fraction of sp³-hybridized carbons (Fsp3) is 0.538. The van der Waals surface area contributed by atoms with Crippen molar-refractivity contribution < 1.29 is 37.0 Å². The number of rotatable bonds is 9. The first-order valence-corrected chi connectivity index (χ1v) is 13.0. The molecule has 13 heteroatoms. The Bertz CT molecular complexity index is 1280. The molecule has 212 valence electrons. The van der Waals surface area contributed by atoms with Crippen LogP contribution in [0.4, 0.5) is 13.2 Å². The second kappa shape index (κ2) is 11.1. The number of aliphatic hydroxyl groups is 1. The van der Waals surface area contributed by atoms with Gasteiger partial charge in [0, 0.05) is 25.8 Å². The van der Waals surface area contributed by atoms with Crippen molar-refractivity contribution in [2.75, 3.05) is 40.0 Å². The van der Waals surface area contributed by atoms with Gasteiger partial charge in [-0.15, -0.1) is 11.6 Å². The zero-order valence-corrected chi connectivity index (χ0v) is 22.3. The Morgan fingerprint density at radius 3 is 2.67 bits per heavy atom. The van der Waals surface area contributed by atoms with Crippen molar-refractivity contribution in [1.82, 2.24) is 19.8 Å². The summed E-state index contributed by atoms with van der Waals surface area (Å²) in [4.78, 5) is 2.07. The summed E-state index contributed by atoms with van der Waals surface area (Å²) in [5.41, 5.74) is -1.26. The van der Waals surface area contributed by atoms with Gasteiger partial charge in [0.25, 0.3) is 0 Å². The van der Waals surface area contributed by atoms with Crippen LogP contribution in [-0.4, -0.2) is 76.1 Å². The average Bonchev–Trinajstić information content (AvgIpc) is 3.51. The Labute approximate surface area is 228 Å². The topological polar surface area (TPSA) is 95.0 Å². The number of nitrogens with zero attached hydrogens (tertiary/aromatic N) is 4. The number of benzene rings is 1. The molecular weight excluding hydrogens is 541 g/mol. The van der Waals surface area contributed by atoms with E-state index in [9.17, 15) is 18.3 Å². The van der Waals surface area contributed by atoms with E-state index in [1.54, 1.807) is 31.2 Å². The van der Waals surface area contributed by atoms with Crippen LogP contribution >= 0.6 is 11.6 Å². The van der Waals surface area contributed by atoms with Gasteiger partial charge in [0.05, 0.1) is 48.8 Å². The van der Waals surface area contributed by atoms with Gasteiger partial charge in [-0.2, -0.15) is 18.3 Å². The molecule has 3 heterocycles. The minimum Gasteiger partial charge on any atom is -0.491 e. The molecule has 3 aromatic rings. The van der Waals surface area contributed by atoms with E-state index in [2.05, 4.69) is 15.2 Å². The van der Waals surface area contributed by atoms with Crippen LogP contribution < -0.4 is 4.74 Å². The summed E-state index contributed by atoms with van der Waals surface area (Å²) in [5.74, 6) is 0.455. The minimum absolute atomic E-state index is 0.0410. The largest absolute Gasteiger partial charge is 0.491 e. The van der Waals surface area contributed by atoms with E-state index in [1.807, 2.05) is 0 Å². The molecule has 5 rings (SSSR count). The number of hydrogen-bond donors (Lipinski definition) is 1. The van der Waals surface area contributed by atoms with E-state index in [1.165, 1.54) is 7.11 Å². The first kappa shape index (κ1) is 27.9. The van der Waals surface area contributed by atoms with Crippen LogP contribution in [0.2, 0.25) is 0 Å². The lowest BCUT2D eigenvalue weighted by atomic mass is 9.77. The lowest BCUT2D eigenvalue weighted by Crippen LogP contribution is -2.43. The van der Waals surface area contributed by atoms with Gasteiger partial charge in [0.15, 0.2) is 11.5 Å². The molecule has 0 amide bonds. The fourth-order valence-corrected chi connectivity index (χ4v) is 5.36. The van der Waals surface area contributed by atoms with Crippen LogP contribution in [0.5, 0.6) is 5.75 Å². The van der Waals surface area contributed by atoms with E-state index in [-0.39, 0.29) is 42.9 Å². The van der Waals surface area contributed by atoms with Gasteiger partial charge >= 0.3 is 6.18 Å². The lowest BCUT2D eigenvalue weighted by Gasteiger charge is -2.41. The Morgan fingerprint density at radius 2 is 2.00 bits per heavy atom. The smallest absolute Gasteiger partial charge is 0.433 e. The van der Waals surface area contributed by atoms with E-state index >= 15 is 0 Å².